The van der Waals surface area contributed by atoms with Crippen LogP contribution in [0.2, 0.25) is 0 Å². The molecule has 0 aromatic carbocycles. The van der Waals surface area contributed by atoms with Gasteiger partial charge in [-0.25, -0.2) is 24.6 Å². The van der Waals surface area contributed by atoms with Gasteiger partial charge in [-0.05, 0) is 36.2 Å². The number of nitrogens with zero attached hydrogens (tertiary/aromatic N) is 7. The summed E-state index contributed by atoms with van der Waals surface area (Å²) in [6.07, 6.45) is 5.30. The number of ether oxygens (including phenoxy) is 1. The van der Waals surface area contributed by atoms with Gasteiger partial charge in [-0.15, -0.1) is 0 Å². The maximum atomic E-state index is 13.1. The number of nitriles is 1. The van der Waals surface area contributed by atoms with Crippen molar-refractivity contribution in [2.45, 2.75) is 25.8 Å². The Morgan fingerprint density at radius 1 is 1.32 bits per heavy atom. The average molecular weight is 526 g/mol. The first-order valence-electron chi connectivity index (χ1n) is 11.9. The Kier molecular flexibility index (Phi) is 8.37. The first-order valence-corrected chi connectivity index (χ1v) is 12.2. The van der Waals surface area contributed by atoms with Crippen LogP contribution in [-0.2, 0) is 4.79 Å². The average Bonchev–Trinajstić information content (AvgIpc) is 3.34. The van der Waals surface area contributed by atoms with Gasteiger partial charge in [-0.2, -0.15) is 5.26 Å². The highest BCUT2D eigenvalue weighted by atomic mass is 35.5. The van der Waals surface area contributed by atoms with Gasteiger partial charge < -0.3 is 19.9 Å². The van der Waals surface area contributed by atoms with Gasteiger partial charge in [-0.3, -0.25) is 9.36 Å². The number of piperidine rings is 1. The van der Waals surface area contributed by atoms with Crippen LogP contribution >= 0.6 is 11.8 Å². The Morgan fingerprint density at radius 3 is 2.95 bits per heavy atom. The van der Waals surface area contributed by atoms with E-state index in [1.54, 1.807) is 29.3 Å². The van der Waals surface area contributed by atoms with Crippen molar-refractivity contribution < 1.29 is 14.3 Å². The van der Waals surface area contributed by atoms with E-state index in [0.29, 0.717) is 60.6 Å². The van der Waals surface area contributed by atoms with Gasteiger partial charge in [0.25, 0.3) is 0 Å². The molecule has 2 N–H and O–H groups in total. The molecular weight excluding hydrogens is 498 g/mol. The van der Waals surface area contributed by atoms with Crippen LogP contribution in [0.5, 0.6) is 5.88 Å². The van der Waals surface area contributed by atoms with Crippen LogP contribution in [-0.4, -0.2) is 75.7 Å². The Balaban J connectivity index is 1.53. The first kappa shape index (κ1) is 26.1. The number of fused-ring (bicyclic) bond motifs is 1. The summed E-state index contributed by atoms with van der Waals surface area (Å²) in [7, 11) is 1.93. The number of likely N-dealkylation sites (N-methyl/N-ethyl adjacent to an activating group) is 1. The number of pyridine rings is 1. The fourth-order valence-electron chi connectivity index (χ4n) is 4.44. The van der Waals surface area contributed by atoms with E-state index in [2.05, 4.69) is 32.0 Å². The predicted molar refractivity (Wildman–Crippen MR) is 138 cm³/mol. The molecule has 1 aliphatic rings. The lowest BCUT2D eigenvalue weighted by atomic mass is 9.92. The minimum absolute atomic E-state index is 0.00379. The smallest absolute Gasteiger partial charge is 0.331 e. The summed E-state index contributed by atoms with van der Waals surface area (Å²) in [6, 6.07) is 6.61. The summed E-state index contributed by atoms with van der Waals surface area (Å²) >= 11 is 5.44. The third-order valence-electron chi connectivity index (χ3n) is 6.44. The fraction of sp³-hybridized carbons (Fsp3) is 0.417. The normalized spacial score (nSPS) is 17.3. The Hall–Kier alpha value is -3.95. The summed E-state index contributed by atoms with van der Waals surface area (Å²) < 4.78 is 6.91. The van der Waals surface area contributed by atoms with Crippen LogP contribution in [0.15, 0.2) is 36.9 Å². The number of rotatable bonds is 8. The van der Waals surface area contributed by atoms with Crippen molar-refractivity contribution in [1.82, 2.24) is 29.3 Å². The van der Waals surface area contributed by atoms with Crippen LogP contribution in [0.1, 0.15) is 19.8 Å². The minimum Gasteiger partial charge on any atom is -0.476 e. The fourth-order valence-corrected chi connectivity index (χ4v) is 4.52. The maximum Gasteiger partial charge on any atom is 0.331 e. The molecule has 4 rings (SSSR count). The van der Waals surface area contributed by atoms with Crippen LogP contribution in [0.4, 0.5) is 16.3 Å². The lowest BCUT2D eigenvalue weighted by Crippen LogP contribution is -2.52. The van der Waals surface area contributed by atoms with Gasteiger partial charge in [0, 0.05) is 50.8 Å². The summed E-state index contributed by atoms with van der Waals surface area (Å²) in [6.45, 7) is 4.04. The van der Waals surface area contributed by atoms with Crippen molar-refractivity contribution >= 4 is 46.3 Å². The van der Waals surface area contributed by atoms with Crippen molar-refractivity contribution in [3.05, 3.63) is 36.9 Å². The molecule has 1 saturated heterocycles. The summed E-state index contributed by atoms with van der Waals surface area (Å²) in [5.41, 5.74) is 0.967. The molecule has 3 aromatic rings. The number of carbonyl (C=O) groups is 2. The van der Waals surface area contributed by atoms with E-state index in [4.69, 9.17) is 21.8 Å². The second-order valence-corrected chi connectivity index (χ2v) is 9.05. The Morgan fingerprint density at radius 2 is 2.16 bits per heavy atom. The van der Waals surface area contributed by atoms with Crippen molar-refractivity contribution in [2.75, 3.05) is 43.5 Å². The monoisotopic (exact) mass is 525 g/mol. The summed E-state index contributed by atoms with van der Waals surface area (Å²) in [4.78, 5) is 44.6. The molecule has 12 nitrogen and oxygen atoms in total. The molecule has 13 heteroatoms. The molecule has 2 amide bonds. The number of carbonyl (C=O) groups excluding carboxylic acids is 2. The molecule has 0 aliphatic carbocycles. The van der Waals surface area contributed by atoms with Crippen molar-refractivity contribution in [2.24, 2.45) is 5.92 Å². The van der Waals surface area contributed by atoms with Crippen LogP contribution in [0.25, 0.3) is 11.0 Å². The van der Waals surface area contributed by atoms with Crippen molar-refractivity contribution in [3.8, 4) is 11.9 Å². The molecule has 37 heavy (non-hydrogen) atoms. The van der Waals surface area contributed by atoms with E-state index in [-0.39, 0.29) is 18.4 Å². The quantitative estimate of drug-likeness (QED) is 0.335. The Labute approximate surface area is 219 Å². The molecule has 1 fully saturated rings. The molecule has 0 unspecified atom stereocenters. The number of hydrogen-bond donors (Lipinski definition) is 2. The predicted octanol–water partition coefficient (Wildman–Crippen LogP) is 2.62. The van der Waals surface area contributed by atoms with E-state index in [0.717, 1.165) is 6.42 Å². The summed E-state index contributed by atoms with van der Waals surface area (Å²) in [5.74, 6) is 1.16. The lowest BCUT2D eigenvalue weighted by Gasteiger charge is -2.42. The van der Waals surface area contributed by atoms with Gasteiger partial charge in [0.05, 0.1) is 17.5 Å². The molecule has 194 valence electrons. The molecule has 0 saturated carbocycles. The third kappa shape index (κ3) is 5.90. The van der Waals surface area contributed by atoms with E-state index in [1.165, 1.54) is 17.1 Å². The number of aromatic nitrogens is 4. The van der Waals surface area contributed by atoms with Crippen molar-refractivity contribution in [3.63, 3.8) is 0 Å². The number of likely N-dealkylation sites (tertiary alicyclic amines) is 1. The van der Waals surface area contributed by atoms with Crippen LogP contribution in [0.3, 0.4) is 0 Å². The van der Waals surface area contributed by atoms with E-state index in [9.17, 15) is 9.59 Å². The van der Waals surface area contributed by atoms with E-state index >= 15 is 0 Å². The summed E-state index contributed by atoms with van der Waals surface area (Å²) in [5, 5.41) is 12.5. The second kappa shape index (κ2) is 11.9. The molecule has 0 radical (unpaired) electrons. The SMILES string of the molecule is C[C@@H]1CCN(C(=O)CC#N)C[C@@H]1N(C)c1ncnc2c1ccn2C(=O)Nc1ccnc(OCCNCl)c1. The maximum absolute atomic E-state index is 13.1. The van der Waals surface area contributed by atoms with E-state index < -0.39 is 6.03 Å². The highest BCUT2D eigenvalue weighted by Gasteiger charge is 2.32. The number of nitrogens with one attached hydrogen (secondary N) is 2. The molecule has 0 bridgehead atoms. The second-order valence-electron chi connectivity index (χ2n) is 8.78. The van der Waals surface area contributed by atoms with E-state index in [1.807, 2.05) is 18.0 Å². The van der Waals surface area contributed by atoms with Gasteiger partial charge in [0.1, 0.15) is 25.2 Å². The molecular formula is C24H28ClN9O3. The zero-order valence-electron chi connectivity index (χ0n) is 20.6. The lowest BCUT2D eigenvalue weighted by molar-refractivity contribution is -0.131. The zero-order chi connectivity index (χ0) is 26.4. The van der Waals surface area contributed by atoms with Gasteiger partial charge >= 0.3 is 6.03 Å². The van der Waals surface area contributed by atoms with Crippen molar-refractivity contribution in [1.29, 1.82) is 5.26 Å². The number of anilines is 2. The van der Waals surface area contributed by atoms with Gasteiger partial charge in [0.15, 0.2) is 5.65 Å². The third-order valence-corrected chi connectivity index (χ3v) is 6.63. The minimum atomic E-state index is -0.402. The standard InChI is InChI=1S/C24H28ClN9O3/c1-16-5-10-33(21(35)3-7-26)14-19(16)32(2)22-18-6-11-34(23(18)29-15-28-22)24(36)31-17-4-8-27-20(13-17)37-12-9-30-25/h4,6,8,11,13,15-16,19,30H,3,5,9-10,12,14H2,1-2H3,(H,27,31,36)/t16-,19+/m1/s1. The topological polar surface area (TPSA) is 141 Å². The zero-order valence-corrected chi connectivity index (χ0v) is 21.4. The molecule has 2 atom stereocenters. The number of halogens is 1. The van der Waals surface area contributed by atoms with Gasteiger partial charge in [-0.1, -0.05) is 6.92 Å². The Bertz CT molecular complexity index is 1310. The molecule has 0 spiro atoms. The van der Waals surface area contributed by atoms with Crippen LogP contribution in [0, 0.1) is 17.2 Å². The van der Waals surface area contributed by atoms with Gasteiger partial charge in [0.2, 0.25) is 11.8 Å². The molecule has 1 aliphatic heterocycles. The number of amides is 2. The largest absolute Gasteiger partial charge is 0.476 e. The molecule has 4 heterocycles. The first-order chi connectivity index (χ1) is 17.9. The highest BCUT2D eigenvalue weighted by Crippen LogP contribution is 2.30. The van der Waals surface area contributed by atoms with Crippen LogP contribution < -0.4 is 19.8 Å². The highest BCUT2D eigenvalue weighted by molar-refractivity contribution is 6.13. The molecule has 3 aromatic heterocycles. The number of hydrogen-bond acceptors (Lipinski definition) is 9.